The predicted molar refractivity (Wildman–Crippen MR) is 74.4 cm³/mol. The Morgan fingerprint density at radius 3 is 2.10 bits per heavy atom. The molecule has 0 aliphatic heterocycles. The van der Waals surface area contributed by atoms with Crippen LogP contribution in [0.5, 0.6) is 0 Å². The van der Waals surface area contributed by atoms with Gasteiger partial charge in [0.15, 0.2) is 0 Å². The topological polar surface area (TPSA) is 127 Å². The van der Waals surface area contributed by atoms with E-state index in [1.807, 2.05) is 0 Å². The summed E-state index contributed by atoms with van der Waals surface area (Å²) in [5, 5.41) is 17.4. The van der Waals surface area contributed by atoms with Gasteiger partial charge in [-0.1, -0.05) is 6.07 Å². The first-order valence-corrected chi connectivity index (χ1v) is 5.85. The minimum Gasteiger partial charge on any atom is -0.516 e. The van der Waals surface area contributed by atoms with Crippen LogP contribution >= 0.6 is 0 Å². The molecule has 0 saturated carbocycles. The van der Waals surface area contributed by atoms with E-state index in [1.54, 1.807) is 6.07 Å². The second-order valence-corrected chi connectivity index (χ2v) is 4.03. The normalized spacial score (nSPS) is 11.2. The van der Waals surface area contributed by atoms with Crippen LogP contribution in [0.4, 0.5) is 0 Å². The molecule has 0 bridgehead atoms. The first-order valence-electron chi connectivity index (χ1n) is 5.85. The van der Waals surface area contributed by atoms with Crippen LogP contribution in [-0.2, 0) is 12.8 Å². The zero-order valence-electron chi connectivity index (χ0n) is 10.7. The Balaban J connectivity index is 3.51. The third-order valence-electron chi connectivity index (χ3n) is 2.78. The quantitative estimate of drug-likeness (QED) is 0.580. The number of carbonyl (C=O) groups excluding carboxylic acids is 2. The summed E-state index contributed by atoms with van der Waals surface area (Å²) in [4.78, 5) is 23.1. The fourth-order valence-electron chi connectivity index (χ4n) is 1.97. The Bertz CT molecular complexity index is 577. The highest BCUT2D eigenvalue weighted by Gasteiger charge is 2.18. The molecular formula is C14H16N2O4. The standard InChI is InChI=1S/C14H16N2O4/c15-13(19)11-6-5-9(3-1-7-17)12(14(16)20)10(11)4-2-8-18/h1-2,5-8,17-18H,3-4H2,(H2,15,19)(H2,16,20). The maximum Gasteiger partial charge on any atom is 0.249 e. The van der Waals surface area contributed by atoms with E-state index < -0.39 is 11.8 Å². The lowest BCUT2D eigenvalue weighted by molar-refractivity contribution is 0.0998. The molecule has 0 radical (unpaired) electrons. The van der Waals surface area contributed by atoms with E-state index in [-0.39, 0.29) is 24.0 Å². The molecule has 0 fully saturated rings. The van der Waals surface area contributed by atoms with Crippen molar-refractivity contribution in [3.63, 3.8) is 0 Å². The number of amides is 2. The molecule has 6 nitrogen and oxygen atoms in total. The number of aliphatic hydroxyl groups excluding tert-OH is 2. The molecule has 1 aromatic carbocycles. The van der Waals surface area contributed by atoms with E-state index in [1.165, 1.54) is 18.2 Å². The van der Waals surface area contributed by atoms with Crippen LogP contribution in [0.3, 0.4) is 0 Å². The average Bonchev–Trinajstić information content (AvgIpc) is 2.41. The highest BCUT2D eigenvalue weighted by molar-refractivity contribution is 6.02. The van der Waals surface area contributed by atoms with E-state index in [4.69, 9.17) is 21.7 Å². The largest absolute Gasteiger partial charge is 0.516 e. The third kappa shape index (κ3) is 3.38. The Kier molecular flexibility index (Phi) is 5.34. The van der Waals surface area contributed by atoms with Gasteiger partial charge in [-0.2, -0.15) is 0 Å². The van der Waals surface area contributed by atoms with Crippen LogP contribution in [0.2, 0.25) is 0 Å². The first-order chi connectivity index (χ1) is 9.52. The van der Waals surface area contributed by atoms with Crippen molar-refractivity contribution in [2.24, 2.45) is 11.5 Å². The summed E-state index contributed by atoms with van der Waals surface area (Å²) < 4.78 is 0. The Morgan fingerprint density at radius 2 is 1.60 bits per heavy atom. The van der Waals surface area contributed by atoms with Gasteiger partial charge < -0.3 is 21.7 Å². The monoisotopic (exact) mass is 276 g/mol. The molecule has 0 aliphatic rings. The van der Waals surface area contributed by atoms with Gasteiger partial charge in [0.05, 0.1) is 12.5 Å². The molecular weight excluding hydrogens is 260 g/mol. The molecule has 0 spiro atoms. The fraction of sp³-hybridized carbons (Fsp3) is 0.143. The van der Waals surface area contributed by atoms with Gasteiger partial charge in [-0.3, -0.25) is 9.59 Å². The number of allylic oxidation sites excluding steroid dienone is 2. The number of hydrogen-bond acceptors (Lipinski definition) is 4. The van der Waals surface area contributed by atoms with Crippen molar-refractivity contribution in [2.75, 3.05) is 0 Å². The van der Waals surface area contributed by atoms with Crippen molar-refractivity contribution < 1.29 is 19.8 Å². The second kappa shape index (κ2) is 6.98. The summed E-state index contributed by atoms with van der Waals surface area (Å²) in [6, 6.07) is 3.06. The molecule has 0 aliphatic carbocycles. The van der Waals surface area contributed by atoms with E-state index in [0.29, 0.717) is 11.1 Å². The molecule has 106 valence electrons. The van der Waals surface area contributed by atoms with Crippen molar-refractivity contribution in [1.82, 2.24) is 0 Å². The molecule has 0 atom stereocenters. The van der Waals surface area contributed by atoms with Crippen molar-refractivity contribution in [3.8, 4) is 0 Å². The summed E-state index contributed by atoms with van der Waals surface area (Å²) in [5.41, 5.74) is 11.9. The van der Waals surface area contributed by atoms with Gasteiger partial charge in [0.2, 0.25) is 11.8 Å². The first kappa shape index (κ1) is 15.3. The minimum absolute atomic E-state index is 0.143. The third-order valence-corrected chi connectivity index (χ3v) is 2.78. The minimum atomic E-state index is -0.698. The summed E-state index contributed by atoms with van der Waals surface area (Å²) in [7, 11) is 0. The number of primary amides is 2. The molecule has 2 amide bonds. The number of carbonyl (C=O) groups is 2. The number of hydrogen-bond donors (Lipinski definition) is 4. The zero-order chi connectivity index (χ0) is 15.1. The van der Waals surface area contributed by atoms with Crippen molar-refractivity contribution in [1.29, 1.82) is 0 Å². The SMILES string of the molecule is NC(=O)c1ccc(CC=CO)c(C(N)=O)c1CC=CO. The van der Waals surface area contributed by atoms with Crippen molar-refractivity contribution in [3.05, 3.63) is 59.1 Å². The van der Waals surface area contributed by atoms with Crippen molar-refractivity contribution in [2.45, 2.75) is 12.8 Å². The smallest absolute Gasteiger partial charge is 0.249 e. The van der Waals surface area contributed by atoms with Crippen LogP contribution in [0, 0.1) is 0 Å². The van der Waals surface area contributed by atoms with Gasteiger partial charge in [0.25, 0.3) is 0 Å². The molecule has 1 aromatic rings. The number of benzene rings is 1. The molecule has 0 unspecified atom stereocenters. The maximum atomic E-state index is 11.6. The summed E-state index contributed by atoms with van der Waals surface area (Å²) in [6.45, 7) is 0. The number of rotatable bonds is 6. The van der Waals surface area contributed by atoms with E-state index in [9.17, 15) is 9.59 Å². The molecule has 20 heavy (non-hydrogen) atoms. The summed E-state index contributed by atoms with van der Waals surface area (Å²) in [6.07, 6.45) is 4.92. The van der Waals surface area contributed by atoms with Crippen LogP contribution < -0.4 is 11.5 Å². The molecule has 6 N–H and O–H groups in total. The van der Waals surface area contributed by atoms with Gasteiger partial charge in [0.1, 0.15) is 0 Å². The Morgan fingerprint density at radius 1 is 1.00 bits per heavy atom. The van der Waals surface area contributed by atoms with Gasteiger partial charge in [-0.15, -0.1) is 0 Å². The van der Waals surface area contributed by atoms with E-state index >= 15 is 0 Å². The number of aliphatic hydroxyl groups is 2. The summed E-state index contributed by atoms with van der Waals surface area (Å²) in [5.74, 6) is -1.38. The zero-order valence-corrected chi connectivity index (χ0v) is 10.7. The molecule has 0 saturated heterocycles. The fourth-order valence-corrected chi connectivity index (χ4v) is 1.97. The lowest BCUT2D eigenvalue weighted by atomic mass is 9.91. The van der Waals surface area contributed by atoms with Gasteiger partial charge in [-0.25, -0.2) is 0 Å². The van der Waals surface area contributed by atoms with Crippen molar-refractivity contribution >= 4 is 11.8 Å². The van der Waals surface area contributed by atoms with Gasteiger partial charge >= 0.3 is 0 Å². The van der Waals surface area contributed by atoms with Crippen LogP contribution in [-0.4, -0.2) is 22.0 Å². The van der Waals surface area contributed by atoms with Gasteiger partial charge in [-0.05, 0) is 42.2 Å². The summed E-state index contributed by atoms with van der Waals surface area (Å²) >= 11 is 0. The van der Waals surface area contributed by atoms with Crippen LogP contribution in [0.15, 0.2) is 36.8 Å². The molecule has 0 heterocycles. The van der Waals surface area contributed by atoms with Crippen LogP contribution in [0.1, 0.15) is 31.8 Å². The van der Waals surface area contributed by atoms with Gasteiger partial charge in [0, 0.05) is 11.1 Å². The lowest BCUT2D eigenvalue weighted by Crippen LogP contribution is -2.21. The Labute approximate surface area is 116 Å². The van der Waals surface area contributed by atoms with E-state index in [0.717, 1.165) is 12.5 Å². The second-order valence-electron chi connectivity index (χ2n) is 4.03. The lowest BCUT2D eigenvalue weighted by Gasteiger charge is -2.13. The average molecular weight is 276 g/mol. The number of nitrogens with two attached hydrogens (primary N) is 2. The maximum absolute atomic E-state index is 11.6. The highest BCUT2D eigenvalue weighted by Crippen LogP contribution is 2.21. The molecule has 0 aromatic heterocycles. The van der Waals surface area contributed by atoms with E-state index in [2.05, 4.69) is 0 Å². The van der Waals surface area contributed by atoms with Crippen LogP contribution in [0.25, 0.3) is 0 Å². The Hall–Kier alpha value is -2.76. The molecule has 6 heteroatoms. The predicted octanol–water partition coefficient (Wildman–Crippen LogP) is 1.11. The molecule has 1 rings (SSSR count). The highest BCUT2D eigenvalue weighted by atomic mass is 16.2.